The number of rotatable bonds is 1. The topological polar surface area (TPSA) is 40.6 Å². The van der Waals surface area contributed by atoms with Crippen molar-refractivity contribution in [3.63, 3.8) is 0 Å². The van der Waals surface area contributed by atoms with E-state index in [0.717, 1.165) is 12.1 Å². The molecule has 0 aromatic heterocycles. The first kappa shape index (κ1) is 13.3. The third-order valence-electron chi connectivity index (χ3n) is 4.24. The fourth-order valence-corrected chi connectivity index (χ4v) is 2.94. The Morgan fingerprint density at radius 1 is 1.06 bits per heavy atom. The van der Waals surface area contributed by atoms with Gasteiger partial charge in [0, 0.05) is 36.0 Å². The molecule has 0 unspecified atom stereocenters. The van der Waals surface area contributed by atoms with Crippen LogP contribution in [0.2, 0.25) is 0 Å². The molecule has 100 valence electrons. The molecule has 0 spiro atoms. The summed E-state index contributed by atoms with van der Waals surface area (Å²) in [7, 11) is 2.08. The molecule has 1 fully saturated rings. The van der Waals surface area contributed by atoms with Crippen molar-refractivity contribution in [3.8, 4) is 0 Å². The maximum atomic E-state index is 11.8. The highest BCUT2D eigenvalue weighted by molar-refractivity contribution is 6.03. The van der Waals surface area contributed by atoms with E-state index >= 15 is 0 Å². The van der Waals surface area contributed by atoms with Gasteiger partial charge in [-0.2, -0.15) is 0 Å². The van der Waals surface area contributed by atoms with Crippen LogP contribution in [0.1, 0.15) is 47.0 Å². The minimum atomic E-state index is -0.153. The summed E-state index contributed by atoms with van der Waals surface area (Å²) in [5, 5.41) is 0. The second kappa shape index (κ2) is 3.92. The lowest BCUT2D eigenvalue weighted by molar-refractivity contribution is -0.136. The molecule has 2 amide bonds. The van der Waals surface area contributed by atoms with Gasteiger partial charge in [-0.3, -0.25) is 19.4 Å². The molecule has 0 aliphatic carbocycles. The maximum absolute atomic E-state index is 11.8. The Balaban J connectivity index is 2.40. The molecule has 0 saturated carbocycles. The van der Waals surface area contributed by atoms with Gasteiger partial charge in [-0.05, 0) is 40.8 Å². The molecule has 0 bridgehead atoms. The van der Waals surface area contributed by atoms with Crippen LogP contribution in [0.4, 0.5) is 0 Å². The predicted octanol–water partition coefficient (Wildman–Crippen LogP) is 1.91. The van der Waals surface area contributed by atoms with Gasteiger partial charge in [-0.25, -0.2) is 0 Å². The minimum absolute atomic E-state index is 0.0533. The molecular formula is C14H22N2O2. The monoisotopic (exact) mass is 250 g/mol. The van der Waals surface area contributed by atoms with Crippen LogP contribution in [0.25, 0.3) is 0 Å². The molecule has 0 aromatic carbocycles. The normalized spacial score (nSPS) is 27.6. The van der Waals surface area contributed by atoms with E-state index in [4.69, 9.17) is 0 Å². The van der Waals surface area contributed by atoms with Gasteiger partial charge in [0.2, 0.25) is 11.8 Å². The second-order valence-electron chi connectivity index (χ2n) is 6.46. The summed E-state index contributed by atoms with van der Waals surface area (Å²) in [6.07, 6.45) is 3.49. The number of likely N-dealkylation sites (tertiary alicyclic amines) is 1. The molecule has 2 aliphatic rings. The van der Waals surface area contributed by atoms with Crippen molar-refractivity contribution < 1.29 is 9.59 Å². The van der Waals surface area contributed by atoms with Gasteiger partial charge < -0.3 is 0 Å². The van der Waals surface area contributed by atoms with Crippen molar-refractivity contribution in [2.45, 2.75) is 58.0 Å². The lowest BCUT2D eigenvalue weighted by Gasteiger charge is -2.50. The molecule has 4 nitrogen and oxygen atoms in total. The largest absolute Gasteiger partial charge is 0.292 e. The van der Waals surface area contributed by atoms with Crippen LogP contribution in [0.5, 0.6) is 0 Å². The van der Waals surface area contributed by atoms with Gasteiger partial charge >= 0.3 is 0 Å². The summed E-state index contributed by atoms with van der Waals surface area (Å²) >= 11 is 0. The van der Waals surface area contributed by atoms with E-state index in [1.807, 2.05) is 0 Å². The first-order valence-electron chi connectivity index (χ1n) is 6.47. The Morgan fingerprint density at radius 3 is 2.00 bits per heavy atom. The van der Waals surface area contributed by atoms with Crippen LogP contribution in [0, 0.1) is 0 Å². The second-order valence-corrected chi connectivity index (χ2v) is 6.46. The van der Waals surface area contributed by atoms with Crippen molar-refractivity contribution in [3.05, 3.63) is 11.8 Å². The number of amides is 2. The Morgan fingerprint density at radius 2 is 1.56 bits per heavy atom. The lowest BCUT2D eigenvalue weighted by atomic mass is 9.83. The van der Waals surface area contributed by atoms with Crippen LogP contribution in [-0.4, -0.2) is 39.7 Å². The molecular weight excluding hydrogens is 228 g/mol. The zero-order valence-electron chi connectivity index (χ0n) is 11.9. The van der Waals surface area contributed by atoms with Crippen LogP contribution in [-0.2, 0) is 9.59 Å². The highest BCUT2D eigenvalue weighted by Crippen LogP contribution is 2.38. The molecule has 0 radical (unpaired) electrons. The van der Waals surface area contributed by atoms with Gasteiger partial charge in [-0.1, -0.05) is 0 Å². The summed E-state index contributed by atoms with van der Waals surface area (Å²) in [5.74, 6) is -0.107. The molecule has 2 aliphatic heterocycles. The van der Waals surface area contributed by atoms with Gasteiger partial charge in [0.1, 0.15) is 0 Å². The minimum Gasteiger partial charge on any atom is -0.292 e. The quantitative estimate of drug-likeness (QED) is 0.667. The summed E-state index contributed by atoms with van der Waals surface area (Å²) < 4.78 is 0. The first-order chi connectivity index (χ1) is 8.15. The Kier molecular flexibility index (Phi) is 2.89. The molecule has 1 saturated heterocycles. The first-order valence-corrected chi connectivity index (χ1v) is 6.47. The van der Waals surface area contributed by atoms with Crippen molar-refractivity contribution in [2.75, 3.05) is 7.05 Å². The smallest absolute Gasteiger partial charge is 0.234 e. The van der Waals surface area contributed by atoms with Crippen molar-refractivity contribution in [2.24, 2.45) is 0 Å². The van der Waals surface area contributed by atoms with Gasteiger partial charge in [0.25, 0.3) is 0 Å². The zero-order valence-corrected chi connectivity index (χ0v) is 11.9. The fraction of sp³-hybridized carbons (Fsp3) is 0.714. The lowest BCUT2D eigenvalue weighted by Crippen LogP contribution is -2.56. The average molecular weight is 250 g/mol. The van der Waals surface area contributed by atoms with Crippen LogP contribution in [0.3, 0.4) is 0 Å². The number of nitrogens with zero attached hydrogens (tertiary/aromatic N) is 2. The van der Waals surface area contributed by atoms with Gasteiger partial charge in [0.15, 0.2) is 0 Å². The fourth-order valence-electron chi connectivity index (χ4n) is 2.94. The standard InChI is InChI=1S/C14H22N2O2/c1-13(2)8-10(9-14(3,4)15(13)5)16-11(17)6-7-12(16)18/h8H,6-7,9H2,1-5H3. The average Bonchev–Trinajstić information content (AvgIpc) is 2.54. The third kappa shape index (κ3) is 1.99. The van der Waals surface area contributed by atoms with Gasteiger partial charge in [-0.15, -0.1) is 0 Å². The Hall–Kier alpha value is -1.16. The van der Waals surface area contributed by atoms with Crippen molar-refractivity contribution >= 4 is 11.8 Å². The van der Waals surface area contributed by atoms with E-state index < -0.39 is 0 Å². The number of hydrogen-bond acceptors (Lipinski definition) is 3. The molecule has 0 aromatic rings. The van der Waals surface area contributed by atoms with E-state index in [1.54, 1.807) is 0 Å². The summed E-state index contributed by atoms with van der Waals surface area (Å²) in [5.41, 5.74) is 0.660. The Labute approximate surface area is 109 Å². The van der Waals surface area contributed by atoms with E-state index in [-0.39, 0.29) is 22.9 Å². The van der Waals surface area contributed by atoms with Gasteiger partial charge in [0.05, 0.1) is 0 Å². The van der Waals surface area contributed by atoms with E-state index in [2.05, 4.69) is 45.7 Å². The highest BCUT2D eigenvalue weighted by atomic mass is 16.2. The van der Waals surface area contributed by atoms with E-state index in [1.165, 1.54) is 4.90 Å². The maximum Gasteiger partial charge on any atom is 0.234 e. The highest BCUT2D eigenvalue weighted by Gasteiger charge is 2.43. The van der Waals surface area contributed by atoms with Crippen LogP contribution in [0.15, 0.2) is 11.8 Å². The molecule has 4 heteroatoms. The Bertz CT molecular complexity index is 419. The number of carbonyl (C=O) groups is 2. The summed E-state index contributed by atoms with van der Waals surface area (Å²) in [6.45, 7) is 8.51. The number of likely N-dealkylation sites (N-methyl/N-ethyl adjacent to an activating group) is 1. The number of imide groups is 1. The molecule has 0 atom stereocenters. The van der Waals surface area contributed by atoms with E-state index in [9.17, 15) is 9.59 Å². The van der Waals surface area contributed by atoms with Crippen LogP contribution >= 0.6 is 0 Å². The predicted molar refractivity (Wildman–Crippen MR) is 69.7 cm³/mol. The van der Waals surface area contributed by atoms with Crippen molar-refractivity contribution in [1.82, 2.24) is 9.80 Å². The third-order valence-corrected chi connectivity index (χ3v) is 4.24. The molecule has 2 rings (SSSR count). The summed E-state index contributed by atoms with van der Waals surface area (Å²) in [4.78, 5) is 27.4. The molecule has 18 heavy (non-hydrogen) atoms. The van der Waals surface area contributed by atoms with E-state index in [0.29, 0.717) is 12.8 Å². The zero-order chi connectivity index (χ0) is 13.7. The summed E-state index contributed by atoms with van der Waals surface area (Å²) in [6, 6.07) is 0. The number of carbonyl (C=O) groups excluding carboxylic acids is 2. The van der Waals surface area contributed by atoms with Crippen LogP contribution < -0.4 is 0 Å². The molecule has 0 N–H and O–H groups in total. The molecule has 2 heterocycles. The SMILES string of the molecule is CN1C(C)(C)C=C(N2C(=O)CCC2=O)CC1(C)C. The number of hydrogen-bond donors (Lipinski definition) is 0. The van der Waals surface area contributed by atoms with Crippen molar-refractivity contribution in [1.29, 1.82) is 0 Å².